The largest absolute Gasteiger partial charge is 0.385 e. The predicted octanol–water partition coefficient (Wildman–Crippen LogP) is 6.15. The third-order valence-corrected chi connectivity index (χ3v) is 6.08. The Bertz CT molecular complexity index is 563. The summed E-state index contributed by atoms with van der Waals surface area (Å²) < 4.78 is 0. The van der Waals surface area contributed by atoms with Crippen molar-refractivity contribution in [3.8, 4) is 0 Å². The van der Waals surface area contributed by atoms with Crippen LogP contribution in [0.3, 0.4) is 0 Å². The van der Waals surface area contributed by atoms with Gasteiger partial charge in [0.05, 0.1) is 5.60 Å². The van der Waals surface area contributed by atoms with Gasteiger partial charge in [0.1, 0.15) is 0 Å². The summed E-state index contributed by atoms with van der Waals surface area (Å²) in [6, 6.07) is 10.5. The summed E-state index contributed by atoms with van der Waals surface area (Å²) in [5.74, 6) is 1.34. The fourth-order valence-corrected chi connectivity index (χ4v) is 4.43. The SMILES string of the molecule is CCCCCC1CCC(C2(O)C=CC(c3ccccc3)=CC2)CC1. The van der Waals surface area contributed by atoms with Gasteiger partial charge in [-0.15, -0.1) is 0 Å². The van der Waals surface area contributed by atoms with E-state index in [9.17, 15) is 5.11 Å². The van der Waals surface area contributed by atoms with Crippen molar-refractivity contribution >= 4 is 5.57 Å². The van der Waals surface area contributed by atoms with E-state index >= 15 is 0 Å². The maximum absolute atomic E-state index is 11.1. The Morgan fingerprint density at radius 2 is 1.79 bits per heavy atom. The average Bonchev–Trinajstić information content (AvgIpc) is 2.64. The summed E-state index contributed by atoms with van der Waals surface area (Å²) in [7, 11) is 0. The van der Waals surface area contributed by atoms with Crippen molar-refractivity contribution in [2.45, 2.75) is 70.3 Å². The molecule has 1 nitrogen and oxygen atoms in total. The van der Waals surface area contributed by atoms with Crippen LogP contribution in [0.5, 0.6) is 0 Å². The van der Waals surface area contributed by atoms with Crippen LogP contribution >= 0.6 is 0 Å². The number of hydrogen-bond donors (Lipinski definition) is 1. The number of benzene rings is 1. The van der Waals surface area contributed by atoms with Crippen LogP contribution in [0.1, 0.15) is 70.3 Å². The first-order valence-electron chi connectivity index (χ1n) is 9.88. The van der Waals surface area contributed by atoms with Crippen molar-refractivity contribution in [2.75, 3.05) is 0 Å². The van der Waals surface area contributed by atoms with Crippen molar-refractivity contribution in [3.05, 3.63) is 54.1 Å². The highest BCUT2D eigenvalue weighted by Crippen LogP contribution is 2.42. The van der Waals surface area contributed by atoms with Crippen LogP contribution in [0.2, 0.25) is 0 Å². The lowest BCUT2D eigenvalue weighted by Crippen LogP contribution is -2.38. The molecule has 1 atom stereocenters. The summed E-state index contributed by atoms with van der Waals surface area (Å²) in [4.78, 5) is 0. The van der Waals surface area contributed by atoms with Crippen LogP contribution < -0.4 is 0 Å². The van der Waals surface area contributed by atoms with E-state index in [-0.39, 0.29) is 0 Å². The molecular weight excluding hydrogens is 292 g/mol. The Hall–Kier alpha value is -1.34. The molecule has 0 aliphatic heterocycles. The summed E-state index contributed by atoms with van der Waals surface area (Å²) in [5.41, 5.74) is 1.87. The summed E-state index contributed by atoms with van der Waals surface area (Å²) >= 11 is 0. The quantitative estimate of drug-likeness (QED) is 0.622. The molecule has 3 rings (SSSR count). The first-order valence-corrected chi connectivity index (χ1v) is 9.88. The Kier molecular flexibility index (Phi) is 5.94. The molecule has 0 spiro atoms. The molecule has 1 heteroatoms. The molecule has 0 bridgehead atoms. The summed E-state index contributed by atoms with van der Waals surface area (Å²) in [5, 5.41) is 11.1. The van der Waals surface area contributed by atoms with E-state index in [0.29, 0.717) is 5.92 Å². The van der Waals surface area contributed by atoms with Crippen LogP contribution in [-0.4, -0.2) is 10.7 Å². The van der Waals surface area contributed by atoms with Gasteiger partial charge in [0.25, 0.3) is 0 Å². The molecule has 1 N–H and O–H groups in total. The van der Waals surface area contributed by atoms with Crippen molar-refractivity contribution in [1.29, 1.82) is 0 Å². The van der Waals surface area contributed by atoms with Crippen molar-refractivity contribution < 1.29 is 5.11 Å². The minimum absolute atomic E-state index is 0.435. The van der Waals surface area contributed by atoms with E-state index in [2.05, 4.69) is 49.4 Å². The maximum atomic E-state index is 11.1. The Labute approximate surface area is 147 Å². The van der Waals surface area contributed by atoms with E-state index in [1.165, 1.54) is 62.5 Å². The zero-order chi connectivity index (χ0) is 16.8. The average molecular weight is 325 g/mol. The third kappa shape index (κ3) is 4.19. The fraction of sp³-hybridized carbons (Fsp3) is 0.565. The second kappa shape index (κ2) is 8.16. The van der Waals surface area contributed by atoms with Gasteiger partial charge in [0, 0.05) is 0 Å². The predicted molar refractivity (Wildman–Crippen MR) is 103 cm³/mol. The van der Waals surface area contributed by atoms with E-state index in [1.54, 1.807) is 0 Å². The monoisotopic (exact) mass is 324 g/mol. The lowest BCUT2D eigenvalue weighted by molar-refractivity contribution is 0.00488. The molecule has 0 aromatic heterocycles. The lowest BCUT2D eigenvalue weighted by Gasteiger charge is -2.39. The highest BCUT2D eigenvalue weighted by atomic mass is 16.3. The molecule has 0 saturated heterocycles. The van der Waals surface area contributed by atoms with Gasteiger partial charge < -0.3 is 5.11 Å². The number of hydrogen-bond acceptors (Lipinski definition) is 1. The number of unbranched alkanes of at least 4 members (excludes halogenated alkanes) is 2. The van der Waals surface area contributed by atoms with Crippen LogP contribution in [0, 0.1) is 11.8 Å². The molecule has 0 radical (unpaired) electrons. The minimum atomic E-state index is -0.618. The van der Waals surface area contributed by atoms with Crippen molar-refractivity contribution in [3.63, 3.8) is 0 Å². The summed E-state index contributed by atoms with van der Waals surface area (Å²) in [6.07, 6.45) is 17.7. The van der Waals surface area contributed by atoms with Gasteiger partial charge in [-0.25, -0.2) is 0 Å². The molecule has 0 amide bonds. The zero-order valence-corrected chi connectivity index (χ0v) is 15.1. The van der Waals surface area contributed by atoms with E-state index in [4.69, 9.17) is 0 Å². The topological polar surface area (TPSA) is 20.2 Å². The van der Waals surface area contributed by atoms with E-state index in [0.717, 1.165) is 12.3 Å². The Morgan fingerprint density at radius 1 is 1.04 bits per heavy atom. The van der Waals surface area contributed by atoms with Gasteiger partial charge in [0.15, 0.2) is 0 Å². The molecule has 24 heavy (non-hydrogen) atoms. The number of aliphatic hydroxyl groups is 1. The van der Waals surface area contributed by atoms with Crippen molar-refractivity contribution in [2.24, 2.45) is 11.8 Å². The second-order valence-corrected chi connectivity index (χ2v) is 7.77. The first-order chi connectivity index (χ1) is 11.7. The van der Waals surface area contributed by atoms with E-state index < -0.39 is 5.60 Å². The normalized spacial score (nSPS) is 30.2. The maximum Gasteiger partial charge on any atom is 0.0893 e. The van der Waals surface area contributed by atoms with Crippen LogP contribution in [-0.2, 0) is 0 Å². The number of allylic oxidation sites excluding steroid dienone is 2. The molecule has 2 aliphatic rings. The van der Waals surface area contributed by atoms with Crippen LogP contribution in [0.25, 0.3) is 5.57 Å². The standard InChI is InChI=1S/C23H32O/c1-2-3-5-8-19-11-13-22(14-12-19)23(24)17-15-21(16-18-23)20-9-6-4-7-10-20/h4,6-7,9-10,15-17,19,22,24H,2-3,5,8,11-14,18H2,1H3. The fourth-order valence-electron chi connectivity index (χ4n) is 4.43. The molecule has 2 aliphatic carbocycles. The van der Waals surface area contributed by atoms with Crippen LogP contribution in [0.4, 0.5) is 0 Å². The Balaban J connectivity index is 1.54. The summed E-state index contributed by atoms with van der Waals surface area (Å²) in [6.45, 7) is 2.28. The molecule has 1 saturated carbocycles. The molecule has 1 unspecified atom stereocenters. The van der Waals surface area contributed by atoms with Crippen molar-refractivity contribution in [1.82, 2.24) is 0 Å². The second-order valence-electron chi connectivity index (χ2n) is 7.77. The highest BCUT2D eigenvalue weighted by Gasteiger charge is 2.37. The van der Waals surface area contributed by atoms with Crippen LogP contribution in [0.15, 0.2) is 48.6 Å². The Morgan fingerprint density at radius 3 is 2.42 bits per heavy atom. The minimum Gasteiger partial charge on any atom is -0.385 e. The highest BCUT2D eigenvalue weighted by molar-refractivity contribution is 5.75. The van der Waals surface area contributed by atoms with E-state index in [1.807, 2.05) is 6.07 Å². The van der Waals surface area contributed by atoms with Gasteiger partial charge in [-0.2, -0.15) is 0 Å². The molecular formula is C23H32O. The molecule has 130 valence electrons. The third-order valence-electron chi connectivity index (χ3n) is 6.08. The molecule has 1 fully saturated rings. The van der Waals surface area contributed by atoms with Gasteiger partial charge in [-0.3, -0.25) is 0 Å². The zero-order valence-electron chi connectivity index (χ0n) is 15.1. The van der Waals surface area contributed by atoms with Gasteiger partial charge >= 0.3 is 0 Å². The molecule has 1 aromatic rings. The smallest absolute Gasteiger partial charge is 0.0893 e. The van der Waals surface area contributed by atoms with Gasteiger partial charge in [0.2, 0.25) is 0 Å². The first kappa shape index (κ1) is 17.5. The molecule has 0 heterocycles. The van der Waals surface area contributed by atoms with Gasteiger partial charge in [-0.05, 0) is 42.2 Å². The number of rotatable bonds is 6. The lowest BCUT2D eigenvalue weighted by atomic mass is 9.70. The molecule has 1 aromatic carbocycles. The van der Waals surface area contributed by atoms with Gasteiger partial charge in [-0.1, -0.05) is 94.0 Å².